The molecular formula is C16H24N4O. The minimum absolute atomic E-state index is 0.732. The Balaban J connectivity index is 2.17. The Labute approximate surface area is 126 Å². The summed E-state index contributed by atoms with van der Waals surface area (Å²) in [5, 5.41) is 10.7. The van der Waals surface area contributed by atoms with Crippen molar-refractivity contribution in [3.8, 4) is 5.75 Å². The first-order chi connectivity index (χ1) is 10.0. The highest BCUT2D eigenvalue weighted by Crippen LogP contribution is 2.27. The Hall–Kier alpha value is -2.01. The van der Waals surface area contributed by atoms with E-state index in [1.54, 1.807) is 7.11 Å². The van der Waals surface area contributed by atoms with E-state index in [0.29, 0.717) is 0 Å². The maximum absolute atomic E-state index is 5.44. The summed E-state index contributed by atoms with van der Waals surface area (Å²) in [7, 11) is 5.82. The SMILES string of the molecule is COc1ccc(CN(C)C)cc1NCc1c(C)n[nH]c1C. The Bertz CT molecular complexity index is 585. The number of hydrogen-bond acceptors (Lipinski definition) is 4. The number of nitrogens with zero attached hydrogens (tertiary/aromatic N) is 2. The van der Waals surface area contributed by atoms with Crippen molar-refractivity contribution in [1.29, 1.82) is 0 Å². The number of benzene rings is 1. The molecule has 114 valence electrons. The zero-order valence-electron chi connectivity index (χ0n) is 13.4. The zero-order chi connectivity index (χ0) is 15.4. The highest BCUT2D eigenvalue weighted by molar-refractivity contribution is 5.58. The van der Waals surface area contributed by atoms with Crippen LogP contribution in [0.3, 0.4) is 0 Å². The van der Waals surface area contributed by atoms with Crippen LogP contribution in [0.25, 0.3) is 0 Å². The Morgan fingerprint density at radius 2 is 2.05 bits per heavy atom. The second kappa shape index (κ2) is 6.63. The summed E-state index contributed by atoms with van der Waals surface area (Å²) in [6.07, 6.45) is 0. The number of nitrogens with one attached hydrogen (secondary N) is 2. The molecule has 2 aromatic rings. The van der Waals surface area contributed by atoms with Gasteiger partial charge in [0.1, 0.15) is 5.75 Å². The van der Waals surface area contributed by atoms with E-state index in [1.807, 2.05) is 19.9 Å². The van der Waals surface area contributed by atoms with Crippen LogP contribution in [-0.2, 0) is 13.1 Å². The van der Waals surface area contributed by atoms with Crippen LogP contribution in [0.2, 0.25) is 0 Å². The standard InChI is InChI=1S/C16H24N4O/c1-11-14(12(2)19-18-11)9-17-15-8-13(10-20(3)4)6-7-16(15)21-5/h6-8,17H,9-10H2,1-5H3,(H,18,19). The quantitative estimate of drug-likeness (QED) is 0.858. The molecule has 5 heteroatoms. The van der Waals surface area contributed by atoms with Gasteiger partial charge in [0, 0.05) is 24.3 Å². The molecule has 0 fully saturated rings. The molecule has 0 aliphatic heterocycles. The van der Waals surface area contributed by atoms with E-state index >= 15 is 0 Å². The van der Waals surface area contributed by atoms with Crippen molar-refractivity contribution in [3.63, 3.8) is 0 Å². The zero-order valence-corrected chi connectivity index (χ0v) is 13.4. The summed E-state index contributed by atoms with van der Waals surface area (Å²) in [4.78, 5) is 2.15. The summed E-state index contributed by atoms with van der Waals surface area (Å²) in [6, 6.07) is 6.25. The van der Waals surface area contributed by atoms with Crippen molar-refractivity contribution >= 4 is 5.69 Å². The molecule has 0 atom stereocenters. The van der Waals surface area contributed by atoms with Crippen LogP contribution < -0.4 is 10.1 Å². The molecule has 0 saturated heterocycles. The van der Waals surface area contributed by atoms with E-state index in [2.05, 4.69) is 46.6 Å². The van der Waals surface area contributed by atoms with Gasteiger partial charge in [-0.05, 0) is 45.6 Å². The van der Waals surface area contributed by atoms with Crippen molar-refractivity contribution in [3.05, 3.63) is 40.7 Å². The molecule has 0 saturated carbocycles. The van der Waals surface area contributed by atoms with E-state index in [1.165, 1.54) is 11.1 Å². The molecule has 21 heavy (non-hydrogen) atoms. The van der Waals surface area contributed by atoms with Crippen LogP contribution >= 0.6 is 0 Å². The van der Waals surface area contributed by atoms with Gasteiger partial charge in [0.05, 0.1) is 18.5 Å². The molecule has 1 aromatic heterocycles. The van der Waals surface area contributed by atoms with Crippen LogP contribution in [0.5, 0.6) is 5.75 Å². The summed E-state index contributed by atoms with van der Waals surface area (Å²) >= 11 is 0. The largest absolute Gasteiger partial charge is 0.495 e. The van der Waals surface area contributed by atoms with Gasteiger partial charge in [-0.3, -0.25) is 5.10 Å². The van der Waals surface area contributed by atoms with E-state index in [9.17, 15) is 0 Å². The van der Waals surface area contributed by atoms with E-state index in [0.717, 1.165) is 35.9 Å². The molecule has 5 nitrogen and oxygen atoms in total. The third kappa shape index (κ3) is 3.76. The summed E-state index contributed by atoms with van der Waals surface area (Å²) in [6.45, 7) is 5.69. The maximum Gasteiger partial charge on any atom is 0.141 e. The topological polar surface area (TPSA) is 53.2 Å². The molecule has 0 amide bonds. The normalized spacial score (nSPS) is 11.0. The molecule has 1 aromatic carbocycles. The second-order valence-corrected chi connectivity index (χ2v) is 5.54. The third-order valence-electron chi connectivity index (χ3n) is 3.50. The Morgan fingerprint density at radius 1 is 1.29 bits per heavy atom. The van der Waals surface area contributed by atoms with Crippen LogP contribution in [0.15, 0.2) is 18.2 Å². The average Bonchev–Trinajstić information content (AvgIpc) is 2.75. The Morgan fingerprint density at radius 3 is 2.62 bits per heavy atom. The first-order valence-electron chi connectivity index (χ1n) is 7.07. The van der Waals surface area contributed by atoms with Gasteiger partial charge in [-0.2, -0.15) is 5.10 Å². The summed E-state index contributed by atoms with van der Waals surface area (Å²) < 4.78 is 5.44. The lowest BCUT2D eigenvalue weighted by Gasteiger charge is -2.15. The minimum atomic E-state index is 0.732. The predicted octanol–water partition coefficient (Wildman–Crippen LogP) is 2.71. The molecule has 2 rings (SSSR count). The fourth-order valence-corrected chi connectivity index (χ4v) is 2.37. The van der Waals surface area contributed by atoms with Gasteiger partial charge in [-0.1, -0.05) is 6.07 Å². The van der Waals surface area contributed by atoms with Crippen LogP contribution in [0, 0.1) is 13.8 Å². The number of ether oxygens (including phenoxy) is 1. The number of aromatic amines is 1. The van der Waals surface area contributed by atoms with E-state index < -0.39 is 0 Å². The summed E-state index contributed by atoms with van der Waals surface area (Å²) in [5.41, 5.74) is 5.60. The number of aromatic nitrogens is 2. The molecule has 0 aliphatic rings. The third-order valence-corrected chi connectivity index (χ3v) is 3.50. The van der Waals surface area contributed by atoms with Crippen LogP contribution in [0.4, 0.5) is 5.69 Å². The van der Waals surface area contributed by atoms with Crippen molar-refractivity contribution in [2.45, 2.75) is 26.9 Å². The first kappa shape index (κ1) is 15.4. The number of methoxy groups -OCH3 is 1. The molecule has 0 spiro atoms. The van der Waals surface area contributed by atoms with Gasteiger partial charge in [0.15, 0.2) is 0 Å². The molecule has 0 radical (unpaired) electrons. The highest BCUT2D eigenvalue weighted by atomic mass is 16.5. The fourth-order valence-electron chi connectivity index (χ4n) is 2.37. The van der Waals surface area contributed by atoms with Gasteiger partial charge in [0.25, 0.3) is 0 Å². The van der Waals surface area contributed by atoms with Crippen LogP contribution in [0.1, 0.15) is 22.5 Å². The van der Waals surface area contributed by atoms with Crippen molar-refractivity contribution in [1.82, 2.24) is 15.1 Å². The number of aryl methyl sites for hydroxylation is 2. The summed E-state index contributed by atoms with van der Waals surface area (Å²) in [5.74, 6) is 0.858. The molecule has 0 unspecified atom stereocenters. The van der Waals surface area contributed by atoms with Gasteiger partial charge in [-0.15, -0.1) is 0 Å². The second-order valence-electron chi connectivity index (χ2n) is 5.54. The molecule has 0 aliphatic carbocycles. The fraction of sp³-hybridized carbons (Fsp3) is 0.438. The smallest absolute Gasteiger partial charge is 0.141 e. The van der Waals surface area contributed by atoms with E-state index in [-0.39, 0.29) is 0 Å². The maximum atomic E-state index is 5.44. The number of rotatable bonds is 6. The molecule has 1 heterocycles. The lowest BCUT2D eigenvalue weighted by Crippen LogP contribution is -2.11. The van der Waals surface area contributed by atoms with Crippen molar-refractivity contribution in [2.24, 2.45) is 0 Å². The van der Waals surface area contributed by atoms with Gasteiger partial charge in [0.2, 0.25) is 0 Å². The highest BCUT2D eigenvalue weighted by Gasteiger charge is 2.09. The number of hydrogen-bond donors (Lipinski definition) is 2. The number of anilines is 1. The van der Waals surface area contributed by atoms with Gasteiger partial charge in [-0.25, -0.2) is 0 Å². The van der Waals surface area contributed by atoms with Crippen molar-refractivity contribution < 1.29 is 4.74 Å². The van der Waals surface area contributed by atoms with Crippen LogP contribution in [-0.4, -0.2) is 36.3 Å². The van der Waals surface area contributed by atoms with Gasteiger partial charge < -0.3 is 15.0 Å². The number of H-pyrrole nitrogens is 1. The molecule has 2 N–H and O–H groups in total. The first-order valence-corrected chi connectivity index (χ1v) is 7.07. The minimum Gasteiger partial charge on any atom is -0.495 e. The van der Waals surface area contributed by atoms with Crippen molar-refractivity contribution in [2.75, 3.05) is 26.5 Å². The lowest BCUT2D eigenvalue weighted by atomic mass is 10.1. The predicted molar refractivity (Wildman–Crippen MR) is 85.8 cm³/mol. The monoisotopic (exact) mass is 288 g/mol. The lowest BCUT2D eigenvalue weighted by molar-refractivity contribution is 0.400. The van der Waals surface area contributed by atoms with Gasteiger partial charge >= 0.3 is 0 Å². The average molecular weight is 288 g/mol. The Kier molecular flexibility index (Phi) is 4.85. The van der Waals surface area contributed by atoms with E-state index in [4.69, 9.17) is 4.74 Å². The molecular weight excluding hydrogens is 264 g/mol. The molecule has 0 bridgehead atoms.